The second-order valence-corrected chi connectivity index (χ2v) is 1.96. The quantitative estimate of drug-likeness (QED) is 0.579. The number of benzene rings is 1. The third kappa shape index (κ3) is 1.27. The molecule has 3 heteroatoms. The molecule has 0 aliphatic heterocycles. The van der Waals surface area contributed by atoms with Gasteiger partial charge in [-0.05, 0) is 6.07 Å². The molecular formula is C6H4ClO2. The third-order valence-electron chi connectivity index (χ3n) is 0.865. The fourth-order valence-corrected chi connectivity index (χ4v) is 0.560. The van der Waals surface area contributed by atoms with Crippen molar-refractivity contribution in [2.45, 2.75) is 0 Å². The highest BCUT2D eigenvalue weighted by Gasteiger charge is 1.96. The number of phenols is 2. The van der Waals surface area contributed by atoms with Crippen LogP contribution in [0, 0.1) is 6.07 Å². The van der Waals surface area contributed by atoms with Crippen molar-refractivity contribution in [2.75, 3.05) is 0 Å². The van der Waals surface area contributed by atoms with Crippen LogP contribution in [0.25, 0.3) is 0 Å². The maximum atomic E-state index is 8.79. The average Bonchev–Trinajstić information content (AvgIpc) is 1.80. The van der Waals surface area contributed by atoms with Gasteiger partial charge in [0.1, 0.15) is 11.5 Å². The minimum Gasteiger partial charge on any atom is -0.507 e. The molecule has 0 saturated heterocycles. The molecule has 0 spiro atoms. The topological polar surface area (TPSA) is 40.5 Å². The first kappa shape index (κ1) is 6.23. The summed E-state index contributed by atoms with van der Waals surface area (Å²) in [5, 5.41) is 17.6. The van der Waals surface area contributed by atoms with Crippen molar-refractivity contribution >= 4 is 11.6 Å². The van der Waals surface area contributed by atoms with Gasteiger partial charge in [0.25, 0.3) is 0 Å². The Morgan fingerprint density at radius 3 is 2.56 bits per heavy atom. The third-order valence-corrected chi connectivity index (χ3v) is 1.17. The van der Waals surface area contributed by atoms with E-state index in [1.807, 2.05) is 0 Å². The lowest BCUT2D eigenvalue weighted by molar-refractivity contribution is 0.450. The Kier molecular flexibility index (Phi) is 1.49. The van der Waals surface area contributed by atoms with Crippen molar-refractivity contribution in [1.82, 2.24) is 0 Å². The number of aromatic hydroxyl groups is 2. The van der Waals surface area contributed by atoms with E-state index >= 15 is 0 Å². The first-order valence-electron chi connectivity index (χ1n) is 2.29. The van der Waals surface area contributed by atoms with Crippen LogP contribution in [-0.2, 0) is 0 Å². The van der Waals surface area contributed by atoms with Gasteiger partial charge < -0.3 is 10.2 Å². The molecular weight excluding hydrogens is 140 g/mol. The van der Waals surface area contributed by atoms with Gasteiger partial charge in [-0.1, -0.05) is 11.6 Å². The maximum Gasteiger partial charge on any atom is 0.137 e. The molecule has 0 bridgehead atoms. The van der Waals surface area contributed by atoms with Crippen LogP contribution in [0.3, 0.4) is 0 Å². The number of rotatable bonds is 0. The summed E-state index contributed by atoms with van der Waals surface area (Å²) in [5.74, 6) is -0.246. The van der Waals surface area contributed by atoms with Gasteiger partial charge >= 0.3 is 0 Å². The minimum absolute atomic E-state index is 0.114. The van der Waals surface area contributed by atoms with Gasteiger partial charge in [0.05, 0.1) is 5.02 Å². The van der Waals surface area contributed by atoms with E-state index < -0.39 is 0 Å². The van der Waals surface area contributed by atoms with Crippen molar-refractivity contribution < 1.29 is 10.2 Å². The summed E-state index contributed by atoms with van der Waals surface area (Å²) in [7, 11) is 0. The average molecular weight is 144 g/mol. The number of hydrogen-bond donors (Lipinski definition) is 2. The Hall–Kier alpha value is -0.890. The molecule has 0 heterocycles. The Bertz CT molecular complexity index is 222. The van der Waals surface area contributed by atoms with E-state index in [9.17, 15) is 0 Å². The molecule has 2 N–H and O–H groups in total. The standard InChI is InChI=1S/C6H4ClO2/c7-5-2-1-4(8)3-6(5)9/h2-3,8-9H. The normalized spacial score (nSPS) is 9.44. The fraction of sp³-hybridized carbons (Fsp3) is 0. The molecule has 0 aliphatic rings. The Balaban J connectivity index is 3.17. The van der Waals surface area contributed by atoms with Crippen molar-refractivity contribution in [1.29, 1.82) is 0 Å². The second kappa shape index (κ2) is 2.15. The van der Waals surface area contributed by atoms with Crippen LogP contribution in [0.5, 0.6) is 11.5 Å². The number of phenolic OH excluding ortho intramolecular Hbond substituents is 2. The van der Waals surface area contributed by atoms with Crippen molar-refractivity contribution in [3.05, 3.63) is 23.2 Å². The van der Waals surface area contributed by atoms with Gasteiger partial charge in [0, 0.05) is 12.1 Å². The van der Waals surface area contributed by atoms with E-state index in [0.29, 0.717) is 0 Å². The van der Waals surface area contributed by atoms with Crippen LogP contribution < -0.4 is 0 Å². The molecule has 1 aromatic rings. The molecule has 9 heavy (non-hydrogen) atoms. The van der Waals surface area contributed by atoms with Gasteiger partial charge in [-0.25, -0.2) is 0 Å². The zero-order chi connectivity index (χ0) is 6.85. The minimum atomic E-state index is -0.132. The molecule has 0 aliphatic carbocycles. The van der Waals surface area contributed by atoms with Gasteiger partial charge in [0.2, 0.25) is 0 Å². The largest absolute Gasteiger partial charge is 0.507 e. The summed E-state index contributed by atoms with van der Waals surface area (Å²) in [6.07, 6.45) is 0. The van der Waals surface area contributed by atoms with E-state index in [1.54, 1.807) is 0 Å². The molecule has 0 saturated carbocycles. The molecule has 1 rings (SSSR count). The molecule has 0 atom stereocenters. The number of halogens is 1. The van der Waals surface area contributed by atoms with Crippen LogP contribution in [-0.4, -0.2) is 10.2 Å². The number of hydrogen-bond acceptors (Lipinski definition) is 2. The van der Waals surface area contributed by atoms with Crippen molar-refractivity contribution in [3.63, 3.8) is 0 Å². The maximum absolute atomic E-state index is 8.79. The predicted octanol–water partition coefficient (Wildman–Crippen LogP) is 1.55. The monoisotopic (exact) mass is 143 g/mol. The molecule has 2 nitrogen and oxygen atoms in total. The van der Waals surface area contributed by atoms with Crippen LogP contribution in [0.1, 0.15) is 0 Å². The highest BCUT2D eigenvalue weighted by molar-refractivity contribution is 6.32. The summed E-state index contributed by atoms with van der Waals surface area (Å²) in [6, 6.07) is 4.83. The van der Waals surface area contributed by atoms with E-state index in [-0.39, 0.29) is 16.5 Å². The van der Waals surface area contributed by atoms with Gasteiger partial charge in [-0.3, -0.25) is 0 Å². The summed E-state index contributed by atoms with van der Waals surface area (Å²) in [5.41, 5.74) is 0. The van der Waals surface area contributed by atoms with Crippen LogP contribution >= 0.6 is 11.6 Å². The second-order valence-electron chi connectivity index (χ2n) is 1.55. The van der Waals surface area contributed by atoms with E-state index in [4.69, 9.17) is 21.8 Å². The highest BCUT2D eigenvalue weighted by Crippen LogP contribution is 2.25. The Morgan fingerprint density at radius 2 is 2.11 bits per heavy atom. The van der Waals surface area contributed by atoms with Crippen molar-refractivity contribution in [2.24, 2.45) is 0 Å². The highest BCUT2D eigenvalue weighted by atomic mass is 35.5. The van der Waals surface area contributed by atoms with Crippen LogP contribution in [0.4, 0.5) is 0 Å². The molecule has 47 valence electrons. The smallest absolute Gasteiger partial charge is 0.137 e. The zero-order valence-electron chi connectivity index (χ0n) is 4.43. The lowest BCUT2D eigenvalue weighted by Gasteiger charge is -1.93. The SMILES string of the molecule is Oc1[c]cc(Cl)c(O)c1. The Labute approximate surface area is 57.3 Å². The lowest BCUT2D eigenvalue weighted by Crippen LogP contribution is -1.67. The molecule has 0 unspecified atom stereocenters. The summed E-state index contributed by atoms with van der Waals surface area (Å²) >= 11 is 5.39. The summed E-state index contributed by atoms with van der Waals surface area (Å²) in [6.45, 7) is 0. The van der Waals surface area contributed by atoms with E-state index in [0.717, 1.165) is 6.07 Å². The van der Waals surface area contributed by atoms with Crippen LogP contribution in [0.2, 0.25) is 5.02 Å². The molecule has 0 aromatic heterocycles. The predicted molar refractivity (Wildman–Crippen MR) is 33.6 cm³/mol. The summed E-state index contributed by atoms with van der Waals surface area (Å²) < 4.78 is 0. The van der Waals surface area contributed by atoms with Crippen LogP contribution in [0.15, 0.2) is 12.1 Å². The van der Waals surface area contributed by atoms with Crippen molar-refractivity contribution in [3.8, 4) is 11.5 Å². The van der Waals surface area contributed by atoms with Gasteiger partial charge in [-0.2, -0.15) is 0 Å². The molecule has 1 radical (unpaired) electrons. The molecule has 0 fully saturated rings. The first-order chi connectivity index (χ1) is 4.20. The van der Waals surface area contributed by atoms with Gasteiger partial charge in [0.15, 0.2) is 0 Å². The van der Waals surface area contributed by atoms with E-state index in [2.05, 4.69) is 6.07 Å². The molecule has 0 amide bonds. The lowest BCUT2D eigenvalue weighted by atomic mass is 10.3. The Morgan fingerprint density at radius 1 is 1.44 bits per heavy atom. The molecule has 1 aromatic carbocycles. The van der Waals surface area contributed by atoms with E-state index in [1.165, 1.54) is 6.07 Å². The zero-order valence-corrected chi connectivity index (χ0v) is 5.18. The van der Waals surface area contributed by atoms with Gasteiger partial charge in [-0.15, -0.1) is 0 Å². The summed E-state index contributed by atoms with van der Waals surface area (Å²) in [4.78, 5) is 0. The first-order valence-corrected chi connectivity index (χ1v) is 2.67. The fourth-order valence-electron chi connectivity index (χ4n) is 0.451.